The predicted octanol–water partition coefficient (Wildman–Crippen LogP) is 0.416. The van der Waals surface area contributed by atoms with Crippen molar-refractivity contribution in [2.45, 2.75) is 117 Å². The zero-order valence-electron chi connectivity index (χ0n) is 24.7. The Morgan fingerprint density at radius 3 is 1.93 bits per heavy atom. The fraction of sp³-hybridized carbons (Fsp3) is 0.731. The molecule has 0 aromatic carbocycles. The SMILES string of the molecule is CC(=O)N[C@H]1[C@H]([C@H](OC(C)=O)[C@@H](COC(C)=O)OC(C)=O)O[C@]2(C[C@@H]1OC(C)=O)C(=O)N(C(C)C)C(=O)N2C(C)C. The Balaban J connectivity index is 2.85. The van der Waals surface area contributed by atoms with Crippen LogP contribution in [0.5, 0.6) is 0 Å². The van der Waals surface area contributed by atoms with Crippen LogP contribution in [0.1, 0.15) is 68.7 Å². The third kappa shape index (κ3) is 7.51. The Bertz CT molecular complexity index is 1080. The molecule has 1 spiro atoms. The van der Waals surface area contributed by atoms with Gasteiger partial charge in [-0.3, -0.25) is 38.6 Å². The first-order chi connectivity index (χ1) is 18.9. The van der Waals surface area contributed by atoms with Gasteiger partial charge in [0.25, 0.3) is 5.91 Å². The van der Waals surface area contributed by atoms with Crippen LogP contribution in [0.3, 0.4) is 0 Å². The Labute approximate surface area is 238 Å². The molecule has 0 aromatic heterocycles. The number of carbonyl (C=O) groups is 7. The molecule has 2 saturated heterocycles. The van der Waals surface area contributed by atoms with Crippen LogP contribution in [0.15, 0.2) is 0 Å². The number of nitrogens with zero attached hydrogens (tertiary/aromatic N) is 2. The molecule has 2 rings (SSSR count). The fourth-order valence-corrected chi connectivity index (χ4v) is 5.16. The quantitative estimate of drug-likeness (QED) is 0.212. The van der Waals surface area contributed by atoms with Gasteiger partial charge in [0.1, 0.15) is 18.8 Å². The van der Waals surface area contributed by atoms with Crippen LogP contribution in [-0.4, -0.2) is 106 Å². The largest absolute Gasteiger partial charge is 0.462 e. The van der Waals surface area contributed by atoms with Crippen molar-refractivity contribution in [3.8, 4) is 0 Å². The number of ether oxygens (including phenoxy) is 5. The summed E-state index contributed by atoms with van der Waals surface area (Å²) in [6, 6.07) is -3.13. The van der Waals surface area contributed by atoms with Gasteiger partial charge in [0.15, 0.2) is 12.2 Å². The van der Waals surface area contributed by atoms with E-state index in [1.165, 1.54) is 11.8 Å². The molecule has 0 saturated carbocycles. The van der Waals surface area contributed by atoms with Crippen LogP contribution < -0.4 is 5.32 Å². The van der Waals surface area contributed by atoms with Crippen molar-refractivity contribution >= 4 is 41.7 Å². The molecular formula is C26H39N3O12. The summed E-state index contributed by atoms with van der Waals surface area (Å²) in [5.41, 5.74) is -2.07. The summed E-state index contributed by atoms with van der Waals surface area (Å²) in [5.74, 6) is -4.58. The molecule has 1 N–H and O–H groups in total. The topological polar surface area (TPSA) is 184 Å². The second-order valence-corrected chi connectivity index (χ2v) is 10.5. The smallest absolute Gasteiger partial charge is 0.330 e. The maximum absolute atomic E-state index is 14.0. The Kier molecular flexibility index (Phi) is 10.8. The molecule has 0 aromatic rings. The second kappa shape index (κ2) is 13.3. The average molecular weight is 586 g/mol. The van der Waals surface area contributed by atoms with Crippen LogP contribution in [0.2, 0.25) is 0 Å². The van der Waals surface area contributed by atoms with Gasteiger partial charge in [-0.05, 0) is 27.7 Å². The molecule has 2 fully saturated rings. The number of hydrogen-bond acceptors (Lipinski definition) is 12. The van der Waals surface area contributed by atoms with Crippen molar-refractivity contribution in [1.29, 1.82) is 0 Å². The minimum absolute atomic E-state index is 0.380. The van der Waals surface area contributed by atoms with Crippen LogP contribution >= 0.6 is 0 Å². The lowest BCUT2D eigenvalue weighted by atomic mass is 9.86. The summed E-state index contributed by atoms with van der Waals surface area (Å²) in [6.45, 7) is 11.5. The molecule has 0 bridgehead atoms. The van der Waals surface area contributed by atoms with E-state index in [1.54, 1.807) is 27.7 Å². The van der Waals surface area contributed by atoms with E-state index in [0.717, 1.165) is 32.6 Å². The van der Waals surface area contributed by atoms with Gasteiger partial charge in [-0.2, -0.15) is 0 Å². The predicted molar refractivity (Wildman–Crippen MR) is 137 cm³/mol. The molecule has 2 heterocycles. The number of nitrogens with one attached hydrogen (secondary N) is 1. The molecule has 0 unspecified atom stereocenters. The molecule has 0 radical (unpaired) electrons. The van der Waals surface area contributed by atoms with Crippen LogP contribution in [0.25, 0.3) is 0 Å². The number of imide groups is 1. The van der Waals surface area contributed by atoms with Crippen LogP contribution in [-0.2, 0) is 52.5 Å². The van der Waals surface area contributed by atoms with E-state index in [2.05, 4.69) is 5.32 Å². The van der Waals surface area contributed by atoms with Gasteiger partial charge in [0.05, 0.1) is 6.04 Å². The highest BCUT2D eigenvalue weighted by Gasteiger charge is 2.67. The van der Waals surface area contributed by atoms with E-state index >= 15 is 0 Å². The van der Waals surface area contributed by atoms with E-state index in [1.807, 2.05) is 0 Å². The Morgan fingerprint density at radius 1 is 0.902 bits per heavy atom. The van der Waals surface area contributed by atoms with Crippen LogP contribution in [0, 0.1) is 0 Å². The van der Waals surface area contributed by atoms with Gasteiger partial charge in [-0.25, -0.2) is 4.79 Å². The molecule has 4 amide bonds. The van der Waals surface area contributed by atoms with Gasteiger partial charge in [-0.15, -0.1) is 0 Å². The lowest BCUT2D eigenvalue weighted by molar-refractivity contribution is -0.258. The highest BCUT2D eigenvalue weighted by molar-refractivity contribution is 6.06. The molecular weight excluding hydrogens is 546 g/mol. The maximum atomic E-state index is 14.0. The number of esters is 4. The second-order valence-electron chi connectivity index (χ2n) is 10.5. The van der Waals surface area contributed by atoms with E-state index in [4.69, 9.17) is 23.7 Å². The number of amides is 4. The average Bonchev–Trinajstić information content (AvgIpc) is 3.01. The van der Waals surface area contributed by atoms with E-state index < -0.39 is 96.6 Å². The van der Waals surface area contributed by atoms with Crippen molar-refractivity contribution < 1.29 is 57.2 Å². The van der Waals surface area contributed by atoms with E-state index in [0.29, 0.717) is 0 Å². The highest BCUT2D eigenvalue weighted by atomic mass is 16.6. The van der Waals surface area contributed by atoms with Crippen molar-refractivity contribution in [3.05, 3.63) is 0 Å². The van der Waals surface area contributed by atoms with Gasteiger partial charge >= 0.3 is 29.9 Å². The van der Waals surface area contributed by atoms with E-state index in [9.17, 15) is 33.6 Å². The third-order valence-corrected chi connectivity index (χ3v) is 6.40. The lowest BCUT2D eigenvalue weighted by Crippen LogP contribution is -2.71. The molecule has 15 nitrogen and oxygen atoms in total. The van der Waals surface area contributed by atoms with Crippen LogP contribution in [0.4, 0.5) is 4.79 Å². The summed E-state index contributed by atoms with van der Waals surface area (Å²) in [6.07, 6.45) is -6.34. The zero-order valence-corrected chi connectivity index (χ0v) is 24.7. The normalized spacial score (nSPS) is 25.7. The third-order valence-electron chi connectivity index (χ3n) is 6.40. The van der Waals surface area contributed by atoms with Crippen molar-refractivity contribution in [2.75, 3.05) is 6.61 Å². The van der Waals surface area contributed by atoms with E-state index in [-0.39, 0.29) is 6.42 Å². The molecule has 0 aliphatic carbocycles. The lowest BCUT2D eigenvalue weighted by Gasteiger charge is -2.50. The first-order valence-corrected chi connectivity index (χ1v) is 13.2. The number of rotatable bonds is 10. The highest BCUT2D eigenvalue weighted by Crippen LogP contribution is 2.43. The summed E-state index contributed by atoms with van der Waals surface area (Å²) >= 11 is 0. The summed E-state index contributed by atoms with van der Waals surface area (Å²) in [5, 5.41) is 2.62. The van der Waals surface area contributed by atoms with Gasteiger partial charge in [0, 0.05) is 53.1 Å². The first-order valence-electron chi connectivity index (χ1n) is 13.2. The summed E-state index contributed by atoms with van der Waals surface area (Å²) in [7, 11) is 0. The molecule has 41 heavy (non-hydrogen) atoms. The van der Waals surface area contributed by atoms with Gasteiger partial charge < -0.3 is 29.0 Å². The number of urea groups is 1. The standard InChI is InChI=1S/C26H39N3O12/c1-12(2)28-24(35)26(29(13(3)4)25(28)36)10-19(38-16(7)32)21(27-14(5)30)23(41-26)22(40-18(9)34)20(39-17(8)33)11-37-15(6)31/h12-13,19-23H,10-11H2,1-9H3,(H,27,30)/t19-,20+,21+,22+,23+,26+/m0/s1. The minimum atomic E-state index is -2.07. The van der Waals surface area contributed by atoms with Crippen molar-refractivity contribution in [2.24, 2.45) is 0 Å². The molecule has 6 atom stereocenters. The van der Waals surface area contributed by atoms with Crippen molar-refractivity contribution in [1.82, 2.24) is 15.1 Å². The molecule has 2 aliphatic heterocycles. The fourth-order valence-electron chi connectivity index (χ4n) is 5.16. The monoisotopic (exact) mass is 585 g/mol. The summed E-state index contributed by atoms with van der Waals surface area (Å²) in [4.78, 5) is 90.3. The number of carbonyl (C=O) groups excluding carboxylic acids is 7. The molecule has 230 valence electrons. The van der Waals surface area contributed by atoms with Gasteiger partial charge in [0.2, 0.25) is 11.6 Å². The number of hydrogen-bond donors (Lipinski definition) is 1. The Hall–Kier alpha value is -3.75. The minimum Gasteiger partial charge on any atom is -0.462 e. The summed E-state index contributed by atoms with van der Waals surface area (Å²) < 4.78 is 27.9. The van der Waals surface area contributed by atoms with Crippen molar-refractivity contribution in [3.63, 3.8) is 0 Å². The maximum Gasteiger partial charge on any atom is 0.330 e. The first kappa shape index (κ1) is 33.5. The zero-order chi connectivity index (χ0) is 31.4. The Morgan fingerprint density at radius 2 is 1.49 bits per heavy atom. The van der Waals surface area contributed by atoms with Gasteiger partial charge in [-0.1, -0.05) is 0 Å². The molecule has 2 aliphatic rings. The molecule has 15 heteroatoms.